The lowest BCUT2D eigenvalue weighted by molar-refractivity contribution is 0.0691. The van der Waals surface area contributed by atoms with Gasteiger partial charge in [-0.3, -0.25) is 4.79 Å². The molecule has 0 unspecified atom stereocenters. The van der Waals surface area contributed by atoms with Crippen molar-refractivity contribution in [1.82, 2.24) is 0 Å². The number of hydrogen-bond donors (Lipinski definition) is 0. The van der Waals surface area contributed by atoms with Crippen molar-refractivity contribution >= 4 is 28.4 Å². The zero-order chi connectivity index (χ0) is 12.1. The van der Waals surface area contributed by atoms with Crippen LogP contribution in [0.4, 0.5) is 0 Å². The molecule has 0 saturated heterocycles. The molecule has 0 spiro atoms. The summed E-state index contributed by atoms with van der Waals surface area (Å²) in [5.41, 5.74) is 0.671. The van der Waals surface area contributed by atoms with Crippen molar-refractivity contribution in [1.29, 1.82) is 0 Å². The highest BCUT2D eigenvalue weighted by Gasteiger charge is 2.06. The van der Waals surface area contributed by atoms with E-state index in [1.165, 1.54) is 0 Å². The van der Waals surface area contributed by atoms with Crippen molar-refractivity contribution in [2.75, 3.05) is 6.61 Å². The summed E-state index contributed by atoms with van der Waals surface area (Å²) >= 11 is 2.20. The number of furan rings is 1. The topological polar surface area (TPSA) is 39.4 Å². The summed E-state index contributed by atoms with van der Waals surface area (Å²) in [5.74, 6) is 0.702. The van der Waals surface area contributed by atoms with Crippen LogP contribution in [-0.2, 0) is 11.3 Å². The van der Waals surface area contributed by atoms with Crippen LogP contribution in [0.25, 0.3) is 0 Å². The molecule has 2 rings (SSSR count). The Balaban J connectivity index is 1.83. The smallest absolute Gasteiger partial charge is 0.188 e. The maximum absolute atomic E-state index is 11.7. The summed E-state index contributed by atoms with van der Waals surface area (Å²) in [7, 11) is 0. The molecule has 17 heavy (non-hydrogen) atoms. The molecule has 0 bridgehead atoms. The molecule has 0 aliphatic carbocycles. The third-order valence-electron chi connectivity index (χ3n) is 2.22. The summed E-state index contributed by atoms with van der Waals surface area (Å²) in [6.07, 6.45) is 1.58. The van der Waals surface area contributed by atoms with Crippen molar-refractivity contribution in [2.24, 2.45) is 0 Å². The molecule has 3 nitrogen and oxygen atoms in total. The third-order valence-corrected chi connectivity index (χ3v) is 2.94. The molecule has 1 aromatic carbocycles. The number of benzene rings is 1. The van der Waals surface area contributed by atoms with Crippen LogP contribution in [0, 0.1) is 3.57 Å². The van der Waals surface area contributed by atoms with Gasteiger partial charge in [0.05, 0.1) is 6.26 Å². The van der Waals surface area contributed by atoms with E-state index >= 15 is 0 Å². The minimum Gasteiger partial charge on any atom is -0.467 e. The first-order valence-electron chi connectivity index (χ1n) is 5.14. The Morgan fingerprint density at radius 1 is 1.24 bits per heavy atom. The number of hydrogen-bond acceptors (Lipinski definition) is 3. The van der Waals surface area contributed by atoms with Crippen molar-refractivity contribution in [3.63, 3.8) is 0 Å². The highest BCUT2D eigenvalue weighted by atomic mass is 127. The summed E-state index contributed by atoms with van der Waals surface area (Å²) in [6, 6.07) is 11.0. The molecular formula is C13H11IO3. The fourth-order valence-electron chi connectivity index (χ4n) is 1.36. The SMILES string of the molecule is O=C(COCc1ccco1)c1ccc(I)cc1. The molecular weight excluding hydrogens is 331 g/mol. The van der Waals surface area contributed by atoms with Crippen molar-refractivity contribution in [2.45, 2.75) is 6.61 Å². The molecule has 0 aliphatic rings. The van der Waals surface area contributed by atoms with E-state index < -0.39 is 0 Å². The normalized spacial score (nSPS) is 10.4. The predicted octanol–water partition coefficient (Wildman–Crippen LogP) is 3.28. The van der Waals surface area contributed by atoms with Gasteiger partial charge in [0.15, 0.2) is 5.78 Å². The van der Waals surface area contributed by atoms with Gasteiger partial charge < -0.3 is 9.15 Å². The molecule has 0 fully saturated rings. The van der Waals surface area contributed by atoms with Gasteiger partial charge >= 0.3 is 0 Å². The Kier molecular flexibility index (Phi) is 4.33. The largest absolute Gasteiger partial charge is 0.467 e. The molecule has 88 valence electrons. The van der Waals surface area contributed by atoms with Crippen molar-refractivity contribution < 1.29 is 13.9 Å². The van der Waals surface area contributed by atoms with Gasteiger partial charge in [0.2, 0.25) is 0 Å². The summed E-state index contributed by atoms with van der Waals surface area (Å²) < 4.78 is 11.5. The predicted molar refractivity (Wildman–Crippen MR) is 71.9 cm³/mol. The standard InChI is InChI=1S/C13H11IO3/c14-11-5-3-10(4-6-11)13(15)9-16-8-12-2-1-7-17-12/h1-7H,8-9H2. The number of carbonyl (C=O) groups excluding carboxylic acids is 1. The number of ether oxygens (including phenoxy) is 1. The van der Waals surface area contributed by atoms with Crippen LogP contribution in [0.3, 0.4) is 0 Å². The van der Waals surface area contributed by atoms with Crippen molar-refractivity contribution in [3.05, 3.63) is 57.6 Å². The second-order valence-electron chi connectivity index (χ2n) is 3.50. The number of ketones is 1. The van der Waals surface area contributed by atoms with Crippen LogP contribution < -0.4 is 0 Å². The van der Waals surface area contributed by atoms with Gasteiger partial charge in [-0.05, 0) is 46.9 Å². The highest BCUT2D eigenvalue weighted by molar-refractivity contribution is 14.1. The van der Waals surface area contributed by atoms with Crippen LogP contribution >= 0.6 is 22.6 Å². The molecule has 0 N–H and O–H groups in total. The van der Waals surface area contributed by atoms with E-state index in [4.69, 9.17) is 9.15 Å². The maximum atomic E-state index is 11.7. The molecule has 1 heterocycles. The van der Waals surface area contributed by atoms with Crippen LogP contribution in [0.1, 0.15) is 16.1 Å². The lowest BCUT2D eigenvalue weighted by Gasteiger charge is -2.02. The van der Waals surface area contributed by atoms with Gasteiger partial charge in [-0.25, -0.2) is 0 Å². The van der Waals surface area contributed by atoms with Gasteiger partial charge in [0.1, 0.15) is 19.0 Å². The Hall–Kier alpha value is -1.14. The second kappa shape index (κ2) is 5.97. The number of rotatable bonds is 5. The fraction of sp³-hybridized carbons (Fsp3) is 0.154. The van der Waals surface area contributed by atoms with E-state index in [1.807, 2.05) is 18.2 Å². The van der Waals surface area contributed by atoms with Crippen LogP contribution in [0.15, 0.2) is 47.1 Å². The molecule has 0 saturated carbocycles. The number of halogens is 1. The van der Waals surface area contributed by atoms with E-state index in [0.29, 0.717) is 12.2 Å². The van der Waals surface area contributed by atoms with Gasteiger partial charge in [-0.1, -0.05) is 12.1 Å². The quantitative estimate of drug-likeness (QED) is 0.618. The molecule has 0 amide bonds. The third kappa shape index (κ3) is 3.67. The molecule has 4 heteroatoms. The Bertz CT molecular complexity index is 474. The molecule has 0 radical (unpaired) electrons. The minimum atomic E-state index is -0.0204. The summed E-state index contributed by atoms with van der Waals surface area (Å²) in [4.78, 5) is 11.7. The molecule has 2 aromatic rings. The van der Waals surface area contributed by atoms with Crippen LogP contribution in [0.2, 0.25) is 0 Å². The average Bonchev–Trinajstić information content (AvgIpc) is 2.83. The average molecular weight is 342 g/mol. The number of Topliss-reactive ketones (excluding diaryl/α,β-unsaturated/α-hetero) is 1. The Morgan fingerprint density at radius 3 is 2.65 bits per heavy atom. The van der Waals surface area contributed by atoms with Crippen LogP contribution in [0.5, 0.6) is 0 Å². The van der Waals surface area contributed by atoms with Crippen LogP contribution in [-0.4, -0.2) is 12.4 Å². The number of carbonyl (C=O) groups is 1. The Labute approximate surface area is 113 Å². The van der Waals surface area contributed by atoms with Gasteiger partial charge in [-0.2, -0.15) is 0 Å². The van der Waals surface area contributed by atoms with E-state index in [-0.39, 0.29) is 12.4 Å². The maximum Gasteiger partial charge on any atom is 0.188 e. The second-order valence-corrected chi connectivity index (χ2v) is 4.75. The van der Waals surface area contributed by atoms with Crippen molar-refractivity contribution in [3.8, 4) is 0 Å². The lowest BCUT2D eigenvalue weighted by Crippen LogP contribution is -2.08. The monoisotopic (exact) mass is 342 g/mol. The zero-order valence-electron chi connectivity index (χ0n) is 9.06. The molecule has 0 atom stereocenters. The van der Waals surface area contributed by atoms with E-state index in [0.717, 1.165) is 9.33 Å². The highest BCUT2D eigenvalue weighted by Crippen LogP contribution is 2.08. The van der Waals surface area contributed by atoms with Gasteiger partial charge in [0.25, 0.3) is 0 Å². The molecule has 0 aliphatic heterocycles. The minimum absolute atomic E-state index is 0.0204. The fourth-order valence-corrected chi connectivity index (χ4v) is 1.72. The van der Waals surface area contributed by atoms with E-state index in [1.54, 1.807) is 24.5 Å². The lowest BCUT2D eigenvalue weighted by atomic mass is 10.1. The van der Waals surface area contributed by atoms with E-state index in [2.05, 4.69) is 22.6 Å². The first-order valence-corrected chi connectivity index (χ1v) is 6.22. The zero-order valence-corrected chi connectivity index (χ0v) is 11.2. The summed E-state index contributed by atoms with van der Waals surface area (Å²) in [5, 5.41) is 0. The summed E-state index contributed by atoms with van der Waals surface area (Å²) in [6.45, 7) is 0.393. The first kappa shape index (κ1) is 12.3. The van der Waals surface area contributed by atoms with Gasteiger partial charge in [0, 0.05) is 9.13 Å². The molecule has 1 aromatic heterocycles. The Morgan fingerprint density at radius 2 is 2.00 bits per heavy atom. The van der Waals surface area contributed by atoms with Gasteiger partial charge in [-0.15, -0.1) is 0 Å². The first-order chi connectivity index (χ1) is 8.25. The van der Waals surface area contributed by atoms with E-state index in [9.17, 15) is 4.79 Å².